The summed E-state index contributed by atoms with van der Waals surface area (Å²) in [5, 5.41) is 1.01. The van der Waals surface area contributed by atoms with E-state index in [1.807, 2.05) is 19.1 Å². The molecule has 0 radical (unpaired) electrons. The van der Waals surface area contributed by atoms with E-state index in [1.54, 1.807) is 0 Å². The van der Waals surface area contributed by atoms with Crippen molar-refractivity contribution < 1.29 is 9.53 Å². The summed E-state index contributed by atoms with van der Waals surface area (Å²) in [6, 6.07) is 8.17. The molecule has 0 fully saturated rings. The molecule has 0 aliphatic carbocycles. The van der Waals surface area contributed by atoms with Crippen molar-refractivity contribution in [3.05, 3.63) is 35.4 Å². The normalized spacial score (nSPS) is 10.8. The molecule has 2 rings (SSSR count). The summed E-state index contributed by atoms with van der Waals surface area (Å²) >= 11 is 0. The maximum atomic E-state index is 11.2. The third-order valence-electron chi connectivity index (χ3n) is 3.85. The molecule has 3 heteroatoms. The van der Waals surface area contributed by atoms with Crippen LogP contribution in [-0.2, 0) is 6.42 Å². The zero-order valence-corrected chi connectivity index (χ0v) is 13.6. The van der Waals surface area contributed by atoms with Gasteiger partial charge in [0.2, 0.25) is 5.88 Å². The first-order valence-electron chi connectivity index (χ1n) is 8.30. The van der Waals surface area contributed by atoms with Gasteiger partial charge < -0.3 is 4.74 Å². The highest BCUT2D eigenvalue weighted by Gasteiger charge is 2.08. The first kappa shape index (κ1) is 16.5. The quantitative estimate of drug-likeness (QED) is 0.485. The minimum Gasteiger partial charge on any atom is -0.477 e. The summed E-state index contributed by atoms with van der Waals surface area (Å²) in [4.78, 5) is 15.6. The Balaban J connectivity index is 2.12. The van der Waals surface area contributed by atoms with Crippen molar-refractivity contribution in [3.8, 4) is 5.88 Å². The number of benzene rings is 1. The highest BCUT2D eigenvalue weighted by atomic mass is 16.5. The van der Waals surface area contributed by atoms with Crippen LogP contribution in [0.3, 0.4) is 0 Å². The number of carbonyl (C=O) groups excluding carboxylic acids is 1. The fourth-order valence-corrected chi connectivity index (χ4v) is 2.65. The van der Waals surface area contributed by atoms with Crippen LogP contribution in [0.2, 0.25) is 0 Å². The summed E-state index contributed by atoms with van der Waals surface area (Å²) in [6.07, 6.45) is 8.32. The van der Waals surface area contributed by atoms with Crippen molar-refractivity contribution in [3.63, 3.8) is 0 Å². The zero-order chi connectivity index (χ0) is 15.8. The second-order valence-electron chi connectivity index (χ2n) is 5.62. The predicted molar refractivity (Wildman–Crippen MR) is 90.8 cm³/mol. The van der Waals surface area contributed by atoms with Gasteiger partial charge >= 0.3 is 0 Å². The van der Waals surface area contributed by atoms with Crippen LogP contribution in [0.5, 0.6) is 5.88 Å². The van der Waals surface area contributed by atoms with Crippen LogP contribution in [0.15, 0.2) is 24.3 Å². The van der Waals surface area contributed by atoms with E-state index in [1.165, 1.54) is 37.7 Å². The lowest BCUT2D eigenvalue weighted by molar-refractivity contribution is 0.111. The van der Waals surface area contributed by atoms with E-state index in [9.17, 15) is 4.79 Å². The third kappa shape index (κ3) is 4.30. The molecule has 0 spiro atoms. The van der Waals surface area contributed by atoms with Crippen molar-refractivity contribution in [2.45, 2.75) is 52.4 Å². The van der Waals surface area contributed by atoms with Crippen molar-refractivity contribution in [2.24, 2.45) is 0 Å². The summed E-state index contributed by atoms with van der Waals surface area (Å²) in [6.45, 7) is 4.63. The van der Waals surface area contributed by atoms with E-state index in [4.69, 9.17) is 4.74 Å². The lowest BCUT2D eigenvalue weighted by atomic mass is 10.0. The molecule has 0 atom stereocenters. The first-order chi connectivity index (χ1) is 10.8. The van der Waals surface area contributed by atoms with Gasteiger partial charge in [-0.3, -0.25) is 4.79 Å². The van der Waals surface area contributed by atoms with Crippen LogP contribution in [0, 0.1) is 0 Å². The lowest BCUT2D eigenvalue weighted by Crippen LogP contribution is -1.99. The van der Waals surface area contributed by atoms with Crippen molar-refractivity contribution in [2.75, 3.05) is 6.61 Å². The molecule has 22 heavy (non-hydrogen) atoms. The van der Waals surface area contributed by atoms with Crippen LogP contribution in [-0.4, -0.2) is 17.9 Å². The van der Waals surface area contributed by atoms with E-state index in [0.717, 1.165) is 23.6 Å². The highest BCUT2D eigenvalue weighted by Crippen LogP contribution is 2.23. The van der Waals surface area contributed by atoms with Gasteiger partial charge in [-0.25, -0.2) is 4.98 Å². The molecule has 2 aromatic rings. The monoisotopic (exact) mass is 299 g/mol. The van der Waals surface area contributed by atoms with Gasteiger partial charge in [0.05, 0.1) is 17.7 Å². The van der Waals surface area contributed by atoms with Crippen LogP contribution in [0.1, 0.15) is 61.9 Å². The Morgan fingerprint density at radius 2 is 1.91 bits per heavy atom. The zero-order valence-electron chi connectivity index (χ0n) is 13.6. The second kappa shape index (κ2) is 8.52. The number of fused-ring (bicyclic) bond motifs is 1. The third-order valence-corrected chi connectivity index (χ3v) is 3.85. The molecular weight excluding hydrogens is 274 g/mol. The predicted octanol–water partition coefficient (Wildman–Crippen LogP) is 4.96. The molecule has 0 N–H and O–H groups in total. The Morgan fingerprint density at radius 3 is 2.64 bits per heavy atom. The summed E-state index contributed by atoms with van der Waals surface area (Å²) in [5.41, 5.74) is 2.71. The number of aromatic nitrogens is 1. The molecule has 1 heterocycles. The van der Waals surface area contributed by atoms with E-state index in [2.05, 4.69) is 24.0 Å². The van der Waals surface area contributed by atoms with Gasteiger partial charge in [-0.15, -0.1) is 0 Å². The van der Waals surface area contributed by atoms with Crippen LogP contribution in [0.25, 0.3) is 10.9 Å². The number of carbonyl (C=O) groups is 1. The van der Waals surface area contributed by atoms with Gasteiger partial charge in [0.1, 0.15) is 0 Å². The van der Waals surface area contributed by atoms with Gasteiger partial charge in [0, 0.05) is 5.39 Å². The molecule has 0 aliphatic heterocycles. The molecule has 1 aromatic carbocycles. The van der Waals surface area contributed by atoms with Crippen LogP contribution >= 0.6 is 0 Å². The van der Waals surface area contributed by atoms with E-state index in [0.29, 0.717) is 18.1 Å². The molecule has 118 valence electrons. The summed E-state index contributed by atoms with van der Waals surface area (Å²) < 4.78 is 5.43. The maximum absolute atomic E-state index is 11.2. The number of pyridine rings is 1. The number of rotatable bonds is 9. The minimum atomic E-state index is 0.428. The van der Waals surface area contributed by atoms with Gasteiger partial charge in [0.25, 0.3) is 0 Å². The number of nitrogens with zero attached hydrogens (tertiary/aromatic N) is 1. The number of aryl methyl sites for hydroxylation is 1. The number of hydrogen-bond donors (Lipinski definition) is 0. The maximum Gasteiger partial charge on any atom is 0.224 e. The van der Waals surface area contributed by atoms with Gasteiger partial charge in [-0.1, -0.05) is 38.7 Å². The molecule has 0 saturated heterocycles. The van der Waals surface area contributed by atoms with E-state index < -0.39 is 0 Å². The van der Waals surface area contributed by atoms with Crippen molar-refractivity contribution in [1.82, 2.24) is 4.98 Å². The SMILES string of the molecule is CCCCCCCc1ccc2nc(OCC)c(C=O)cc2c1. The van der Waals surface area contributed by atoms with Crippen LogP contribution in [0.4, 0.5) is 0 Å². The first-order valence-corrected chi connectivity index (χ1v) is 8.30. The Labute approximate surface area is 132 Å². The Bertz CT molecular complexity index is 622. The minimum absolute atomic E-state index is 0.428. The molecular formula is C19H25NO2. The number of hydrogen-bond acceptors (Lipinski definition) is 3. The van der Waals surface area contributed by atoms with Crippen molar-refractivity contribution >= 4 is 17.2 Å². The van der Waals surface area contributed by atoms with Gasteiger partial charge in [0.15, 0.2) is 6.29 Å². The topological polar surface area (TPSA) is 39.2 Å². The fraction of sp³-hybridized carbons (Fsp3) is 0.474. The van der Waals surface area contributed by atoms with E-state index >= 15 is 0 Å². The summed E-state index contributed by atoms with van der Waals surface area (Å²) in [7, 11) is 0. The molecule has 1 aromatic heterocycles. The number of ether oxygens (including phenoxy) is 1. The Morgan fingerprint density at radius 1 is 1.09 bits per heavy atom. The molecule has 0 bridgehead atoms. The van der Waals surface area contributed by atoms with Crippen LogP contribution < -0.4 is 4.74 Å². The second-order valence-corrected chi connectivity index (χ2v) is 5.62. The highest BCUT2D eigenvalue weighted by molar-refractivity contribution is 5.88. The average Bonchev–Trinajstić information content (AvgIpc) is 2.54. The Hall–Kier alpha value is -1.90. The average molecular weight is 299 g/mol. The van der Waals surface area contributed by atoms with E-state index in [-0.39, 0.29) is 0 Å². The summed E-state index contributed by atoms with van der Waals surface area (Å²) in [5.74, 6) is 0.428. The molecule has 0 aliphatic rings. The molecule has 0 amide bonds. The Kier molecular flexibility index (Phi) is 6.38. The van der Waals surface area contributed by atoms with Gasteiger partial charge in [-0.2, -0.15) is 0 Å². The lowest BCUT2D eigenvalue weighted by Gasteiger charge is -2.08. The standard InChI is InChI=1S/C19H25NO2/c1-3-5-6-7-8-9-15-10-11-18-16(12-15)13-17(14-21)19(20-18)22-4-2/h10-14H,3-9H2,1-2H3. The molecule has 0 unspecified atom stereocenters. The van der Waals surface area contributed by atoms with Gasteiger partial charge in [-0.05, 0) is 43.5 Å². The fourth-order valence-electron chi connectivity index (χ4n) is 2.65. The number of aldehydes is 1. The largest absolute Gasteiger partial charge is 0.477 e. The number of unbranched alkanes of at least 4 members (excludes halogenated alkanes) is 4. The molecule has 3 nitrogen and oxygen atoms in total. The molecule has 0 saturated carbocycles. The van der Waals surface area contributed by atoms with Crippen molar-refractivity contribution in [1.29, 1.82) is 0 Å². The smallest absolute Gasteiger partial charge is 0.224 e.